The fourth-order valence-corrected chi connectivity index (χ4v) is 2.65. The summed E-state index contributed by atoms with van der Waals surface area (Å²) < 4.78 is 0. The van der Waals surface area contributed by atoms with E-state index >= 15 is 0 Å². The third-order valence-corrected chi connectivity index (χ3v) is 3.98. The van der Waals surface area contributed by atoms with Gasteiger partial charge in [0.25, 0.3) is 0 Å². The van der Waals surface area contributed by atoms with Crippen LogP contribution in [0.4, 0.5) is 0 Å². The second-order valence-corrected chi connectivity index (χ2v) is 5.59. The molecule has 21 heavy (non-hydrogen) atoms. The van der Waals surface area contributed by atoms with Crippen molar-refractivity contribution in [1.29, 1.82) is 0 Å². The Kier molecular flexibility index (Phi) is 5.33. The molecule has 1 fully saturated rings. The number of carboxylic acids is 1. The van der Waals surface area contributed by atoms with E-state index in [0.717, 1.165) is 5.56 Å². The number of aliphatic carboxylic acids is 1. The maximum absolute atomic E-state index is 12.0. The number of nitrogens with zero attached hydrogens (tertiary/aromatic N) is 1. The summed E-state index contributed by atoms with van der Waals surface area (Å²) in [6.07, 6.45) is 1.24. The van der Waals surface area contributed by atoms with Crippen LogP contribution in [-0.4, -0.2) is 41.5 Å². The van der Waals surface area contributed by atoms with Gasteiger partial charge in [0.1, 0.15) is 0 Å². The third kappa shape index (κ3) is 4.56. The molecule has 0 radical (unpaired) electrons. The van der Waals surface area contributed by atoms with Crippen molar-refractivity contribution in [1.82, 2.24) is 10.2 Å². The van der Waals surface area contributed by atoms with E-state index in [4.69, 9.17) is 5.11 Å². The van der Waals surface area contributed by atoms with E-state index in [1.807, 2.05) is 42.2 Å². The van der Waals surface area contributed by atoms with Crippen LogP contribution in [0.1, 0.15) is 31.4 Å². The molecule has 1 saturated heterocycles. The van der Waals surface area contributed by atoms with Gasteiger partial charge in [0.05, 0.1) is 18.5 Å². The Morgan fingerprint density at radius 3 is 2.48 bits per heavy atom. The summed E-state index contributed by atoms with van der Waals surface area (Å²) in [5.74, 6) is -0.996. The number of carbonyl (C=O) groups is 2. The van der Waals surface area contributed by atoms with Crippen molar-refractivity contribution in [2.45, 2.75) is 25.8 Å². The van der Waals surface area contributed by atoms with Crippen LogP contribution < -0.4 is 5.32 Å². The Labute approximate surface area is 125 Å². The first kappa shape index (κ1) is 15.5. The summed E-state index contributed by atoms with van der Waals surface area (Å²) in [6, 6.07) is 9.82. The summed E-state index contributed by atoms with van der Waals surface area (Å²) in [5, 5.41) is 11.9. The fourth-order valence-electron chi connectivity index (χ4n) is 2.65. The van der Waals surface area contributed by atoms with Crippen molar-refractivity contribution < 1.29 is 14.7 Å². The fraction of sp³-hybridized carbons (Fsp3) is 0.500. The van der Waals surface area contributed by atoms with E-state index in [9.17, 15) is 9.59 Å². The number of carbonyl (C=O) groups excluding carboxylic acids is 1. The lowest BCUT2D eigenvalue weighted by molar-refractivity contribution is -0.143. The highest BCUT2D eigenvalue weighted by Crippen LogP contribution is 2.17. The average molecular weight is 290 g/mol. The molecule has 1 heterocycles. The number of nitrogens with one attached hydrogen (secondary N) is 1. The Morgan fingerprint density at radius 2 is 1.90 bits per heavy atom. The molecule has 5 heteroatoms. The lowest BCUT2D eigenvalue weighted by Gasteiger charge is -2.29. The standard InChI is InChI=1S/C16H22N2O3/c1-12(13-5-3-2-4-6-13)17-15(19)11-18-9-7-14(8-10-18)16(20)21/h2-6,12,14H,7-11H2,1H3,(H,17,19)(H,20,21). The van der Waals surface area contributed by atoms with Crippen LogP contribution in [0.15, 0.2) is 30.3 Å². The number of hydrogen-bond donors (Lipinski definition) is 2. The predicted molar refractivity (Wildman–Crippen MR) is 79.8 cm³/mol. The smallest absolute Gasteiger partial charge is 0.306 e. The molecule has 2 rings (SSSR count). The Bertz CT molecular complexity index is 482. The largest absolute Gasteiger partial charge is 0.481 e. The molecule has 0 spiro atoms. The van der Waals surface area contributed by atoms with Gasteiger partial charge in [-0.2, -0.15) is 0 Å². The number of piperidine rings is 1. The van der Waals surface area contributed by atoms with Crippen LogP contribution in [0.3, 0.4) is 0 Å². The number of likely N-dealkylation sites (tertiary alicyclic amines) is 1. The van der Waals surface area contributed by atoms with Crippen LogP contribution in [0.25, 0.3) is 0 Å². The van der Waals surface area contributed by atoms with Crippen LogP contribution in [0.5, 0.6) is 0 Å². The van der Waals surface area contributed by atoms with Gasteiger partial charge in [0.2, 0.25) is 5.91 Å². The molecule has 2 N–H and O–H groups in total. The highest BCUT2D eigenvalue weighted by Gasteiger charge is 2.25. The highest BCUT2D eigenvalue weighted by molar-refractivity contribution is 5.78. The third-order valence-electron chi connectivity index (χ3n) is 3.98. The number of rotatable bonds is 5. The van der Waals surface area contributed by atoms with Crippen molar-refractivity contribution in [2.24, 2.45) is 5.92 Å². The minimum absolute atomic E-state index is 0.0138. The summed E-state index contributed by atoms with van der Waals surface area (Å²) in [6.45, 7) is 3.64. The van der Waals surface area contributed by atoms with E-state index in [-0.39, 0.29) is 17.9 Å². The molecule has 1 aliphatic rings. The molecule has 1 unspecified atom stereocenters. The average Bonchev–Trinajstić information content (AvgIpc) is 2.48. The zero-order valence-electron chi connectivity index (χ0n) is 12.3. The molecule has 0 bridgehead atoms. The Hall–Kier alpha value is -1.88. The summed E-state index contributed by atoms with van der Waals surface area (Å²) in [5.41, 5.74) is 1.08. The predicted octanol–water partition coefficient (Wildman–Crippen LogP) is 1.66. The van der Waals surface area contributed by atoms with Crippen molar-refractivity contribution >= 4 is 11.9 Å². The van der Waals surface area contributed by atoms with E-state index in [1.165, 1.54) is 0 Å². The van der Waals surface area contributed by atoms with Crippen LogP contribution in [0.2, 0.25) is 0 Å². The summed E-state index contributed by atoms with van der Waals surface area (Å²) >= 11 is 0. The van der Waals surface area contributed by atoms with E-state index in [2.05, 4.69) is 5.32 Å². The molecule has 1 aliphatic heterocycles. The second kappa shape index (κ2) is 7.22. The summed E-state index contributed by atoms with van der Waals surface area (Å²) in [4.78, 5) is 24.9. The van der Waals surface area contributed by atoms with Gasteiger partial charge >= 0.3 is 5.97 Å². The molecule has 1 amide bonds. The van der Waals surface area contributed by atoms with Gasteiger partial charge in [-0.25, -0.2) is 0 Å². The lowest BCUT2D eigenvalue weighted by Crippen LogP contribution is -2.43. The first-order chi connectivity index (χ1) is 10.1. The number of carboxylic acid groups (broad SMARTS) is 1. The van der Waals surface area contributed by atoms with Crippen molar-refractivity contribution in [3.63, 3.8) is 0 Å². The Morgan fingerprint density at radius 1 is 1.29 bits per heavy atom. The van der Waals surface area contributed by atoms with Gasteiger partial charge in [0, 0.05) is 0 Å². The van der Waals surface area contributed by atoms with Crippen molar-refractivity contribution in [2.75, 3.05) is 19.6 Å². The zero-order valence-corrected chi connectivity index (χ0v) is 12.3. The highest BCUT2D eigenvalue weighted by atomic mass is 16.4. The maximum atomic E-state index is 12.0. The van der Waals surface area contributed by atoms with Crippen molar-refractivity contribution in [3.8, 4) is 0 Å². The number of hydrogen-bond acceptors (Lipinski definition) is 3. The first-order valence-corrected chi connectivity index (χ1v) is 7.35. The van der Waals surface area contributed by atoms with E-state index in [0.29, 0.717) is 32.5 Å². The summed E-state index contributed by atoms with van der Waals surface area (Å²) in [7, 11) is 0. The lowest BCUT2D eigenvalue weighted by atomic mass is 9.97. The minimum atomic E-state index is -0.725. The molecular weight excluding hydrogens is 268 g/mol. The molecule has 0 aromatic heterocycles. The van der Waals surface area contributed by atoms with Crippen LogP contribution in [-0.2, 0) is 9.59 Å². The van der Waals surface area contributed by atoms with E-state index in [1.54, 1.807) is 0 Å². The zero-order chi connectivity index (χ0) is 15.2. The quantitative estimate of drug-likeness (QED) is 0.865. The molecule has 1 aromatic carbocycles. The minimum Gasteiger partial charge on any atom is -0.481 e. The maximum Gasteiger partial charge on any atom is 0.306 e. The topological polar surface area (TPSA) is 69.6 Å². The first-order valence-electron chi connectivity index (χ1n) is 7.35. The molecule has 5 nitrogen and oxygen atoms in total. The molecule has 0 saturated carbocycles. The van der Waals surface area contributed by atoms with Gasteiger partial charge in [-0.05, 0) is 38.4 Å². The molecule has 1 atom stereocenters. The van der Waals surface area contributed by atoms with Gasteiger partial charge in [-0.1, -0.05) is 30.3 Å². The number of amides is 1. The molecule has 1 aromatic rings. The normalized spacial score (nSPS) is 18.1. The van der Waals surface area contributed by atoms with E-state index < -0.39 is 5.97 Å². The van der Waals surface area contributed by atoms with Gasteiger partial charge < -0.3 is 10.4 Å². The van der Waals surface area contributed by atoms with Gasteiger partial charge in [-0.15, -0.1) is 0 Å². The molecule has 114 valence electrons. The van der Waals surface area contributed by atoms with Gasteiger partial charge in [0.15, 0.2) is 0 Å². The number of benzene rings is 1. The SMILES string of the molecule is CC(NC(=O)CN1CCC(C(=O)O)CC1)c1ccccc1. The van der Waals surface area contributed by atoms with Gasteiger partial charge in [-0.3, -0.25) is 14.5 Å². The van der Waals surface area contributed by atoms with Crippen molar-refractivity contribution in [3.05, 3.63) is 35.9 Å². The molecule has 0 aliphatic carbocycles. The Balaban J connectivity index is 1.76. The second-order valence-electron chi connectivity index (χ2n) is 5.59. The molecular formula is C16H22N2O3. The van der Waals surface area contributed by atoms with Crippen LogP contribution >= 0.6 is 0 Å². The van der Waals surface area contributed by atoms with Crippen LogP contribution in [0, 0.1) is 5.92 Å². The monoisotopic (exact) mass is 290 g/mol.